The second-order valence-electron chi connectivity index (χ2n) is 3.34. The maximum absolute atomic E-state index is 8.97. The van der Waals surface area contributed by atoms with Crippen LogP contribution >= 0.6 is 0 Å². The molecule has 1 aromatic rings. The van der Waals surface area contributed by atoms with Gasteiger partial charge in [-0.25, -0.2) is 0 Å². The maximum Gasteiger partial charge on any atom is 0.181 e. The Morgan fingerprint density at radius 1 is 1.40 bits per heavy atom. The van der Waals surface area contributed by atoms with Crippen molar-refractivity contribution in [2.24, 2.45) is 0 Å². The van der Waals surface area contributed by atoms with Gasteiger partial charge in [0.25, 0.3) is 0 Å². The van der Waals surface area contributed by atoms with Gasteiger partial charge in [-0.2, -0.15) is 5.26 Å². The van der Waals surface area contributed by atoms with Gasteiger partial charge in [0.2, 0.25) is 0 Å². The predicted octanol–water partition coefficient (Wildman–Crippen LogP) is 1.94. The van der Waals surface area contributed by atoms with Crippen LogP contribution in [0.5, 0.6) is 11.5 Å². The lowest BCUT2D eigenvalue weighted by Crippen LogP contribution is -2.09. The van der Waals surface area contributed by atoms with Gasteiger partial charge in [-0.15, -0.1) is 0 Å². The van der Waals surface area contributed by atoms with Crippen LogP contribution in [0.15, 0.2) is 12.1 Å². The molecule has 0 saturated heterocycles. The van der Waals surface area contributed by atoms with Gasteiger partial charge in [-0.1, -0.05) is 0 Å². The molecule has 4 heteroatoms. The largest absolute Gasteiger partial charge is 0.493 e. The van der Waals surface area contributed by atoms with Gasteiger partial charge in [0, 0.05) is 0 Å². The molecule has 0 fully saturated rings. The third-order valence-corrected chi connectivity index (χ3v) is 1.84. The Bertz CT molecular complexity index is 394. The van der Waals surface area contributed by atoms with Crippen molar-refractivity contribution in [3.63, 3.8) is 0 Å². The minimum absolute atomic E-state index is 0.0344. The van der Waals surface area contributed by atoms with Gasteiger partial charge in [0.15, 0.2) is 11.5 Å². The topological polar surface area (TPSA) is 68.3 Å². The highest BCUT2D eigenvalue weighted by molar-refractivity contribution is 5.66. The first-order valence-electron chi connectivity index (χ1n) is 4.63. The Morgan fingerprint density at radius 3 is 2.53 bits per heavy atom. The number of hydrogen-bond donors (Lipinski definition) is 1. The van der Waals surface area contributed by atoms with Gasteiger partial charge in [-0.3, -0.25) is 0 Å². The molecule has 1 rings (SSSR count). The van der Waals surface area contributed by atoms with Crippen molar-refractivity contribution in [1.82, 2.24) is 0 Å². The fraction of sp³-hybridized carbons (Fsp3) is 0.364. The highest BCUT2D eigenvalue weighted by atomic mass is 16.5. The van der Waals surface area contributed by atoms with Gasteiger partial charge < -0.3 is 15.2 Å². The molecule has 0 saturated carbocycles. The van der Waals surface area contributed by atoms with Crippen LogP contribution in [0.1, 0.15) is 19.4 Å². The molecule has 0 spiro atoms. The van der Waals surface area contributed by atoms with Crippen LogP contribution in [0, 0.1) is 11.3 Å². The van der Waals surface area contributed by atoms with Crippen LogP contribution in [0.25, 0.3) is 0 Å². The van der Waals surface area contributed by atoms with E-state index in [1.54, 1.807) is 12.1 Å². The molecule has 0 unspecified atom stereocenters. The molecule has 4 nitrogen and oxygen atoms in total. The average molecular weight is 206 g/mol. The third-order valence-electron chi connectivity index (χ3n) is 1.84. The van der Waals surface area contributed by atoms with Gasteiger partial charge >= 0.3 is 0 Å². The first-order chi connectivity index (χ1) is 7.10. The Hall–Kier alpha value is -1.89. The summed E-state index contributed by atoms with van der Waals surface area (Å²) in [6.07, 6.45) is -0.0344. The van der Waals surface area contributed by atoms with E-state index in [4.69, 9.17) is 20.5 Å². The number of hydrogen-bond acceptors (Lipinski definition) is 4. The number of anilines is 1. The van der Waals surface area contributed by atoms with Crippen molar-refractivity contribution in [2.45, 2.75) is 20.0 Å². The summed E-state index contributed by atoms with van der Waals surface area (Å²) in [5.74, 6) is 0.935. The molecule has 0 radical (unpaired) electrons. The van der Waals surface area contributed by atoms with E-state index in [-0.39, 0.29) is 6.10 Å². The number of nitriles is 1. The SMILES string of the molecule is COc1ccc(N)c(C#N)c1OC(C)C. The molecule has 15 heavy (non-hydrogen) atoms. The van der Waals surface area contributed by atoms with E-state index in [1.165, 1.54) is 7.11 Å². The van der Waals surface area contributed by atoms with E-state index in [0.717, 1.165) is 0 Å². The van der Waals surface area contributed by atoms with E-state index in [2.05, 4.69) is 0 Å². The van der Waals surface area contributed by atoms with Crippen molar-refractivity contribution < 1.29 is 9.47 Å². The molecular weight excluding hydrogens is 192 g/mol. The zero-order valence-electron chi connectivity index (χ0n) is 9.07. The lowest BCUT2D eigenvalue weighted by atomic mass is 10.1. The minimum Gasteiger partial charge on any atom is -0.493 e. The summed E-state index contributed by atoms with van der Waals surface area (Å²) < 4.78 is 10.6. The highest BCUT2D eigenvalue weighted by Crippen LogP contribution is 2.35. The van der Waals surface area contributed by atoms with Crippen molar-refractivity contribution in [3.8, 4) is 17.6 Å². The number of ether oxygens (including phenoxy) is 2. The van der Waals surface area contributed by atoms with Crippen molar-refractivity contribution in [3.05, 3.63) is 17.7 Å². The number of rotatable bonds is 3. The zero-order chi connectivity index (χ0) is 11.4. The van der Waals surface area contributed by atoms with Gasteiger partial charge in [0.05, 0.1) is 18.9 Å². The summed E-state index contributed by atoms with van der Waals surface area (Å²) >= 11 is 0. The molecule has 0 aliphatic rings. The molecule has 2 N–H and O–H groups in total. The number of nitrogens with zero attached hydrogens (tertiary/aromatic N) is 1. The van der Waals surface area contributed by atoms with Crippen molar-refractivity contribution in [2.75, 3.05) is 12.8 Å². The maximum atomic E-state index is 8.97. The first-order valence-corrected chi connectivity index (χ1v) is 4.63. The van der Waals surface area contributed by atoms with Gasteiger partial charge in [-0.05, 0) is 26.0 Å². The van der Waals surface area contributed by atoms with E-state index < -0.39 is 0 Å². The van der Waals surface area contributed by atoms with E-state index >= 15 is 0 Å². The fourth-order valence-corrected chi connectivity index (χ4v) is 1.21. The second-order valence-corrected chi connectivity index (χ2v) is 3.34. The predicted molar refractivity (Wildman–Crippen MR) is 57.9 cm³/mol. The van der Waals surface area contributed by atoms with Crippen LogP contribution < -0.4 is 15.2 Å². The molecule has 0 aliphatic heterocycles. The van der Waals surface area contributed by atoms with Crippen LogP contribution in [0.3, 0.4) is 0 Å². The standard InChI is InChI=1S/C11H14N2O2/c1-7(2)15-11-8(6-12)9(13)4-5-10(11)14-3/h4-5,7H,13H2,1-3H3. The van der Waals surface area contributed by atoms with E-state index in [9.17, 15) is 0 Å². The molecule has 0 bridgehead atoms. The number of nitrogen functional groups attached to an aromatic ring is 1. The smallest absolute Gasteiger partial charge is 0.181 e. The minimum atomic E-state index is -0.0344. The summed E-state index contributed by atoms with van der Waals surface area (Å²) in [4.78, 5) is 0. The van der Waals surface area contributed by atoms with Crippen LogP contribution in [0.2, 0.25) is 0 Å². The zero-order valence-corrected chi connectivity index (χ0v) is 9.07. The average Bonchev–Trinajstić information content (AvgIpc) is 2.18. The summed E-state index contributed by atoms with van der Waals surface area (Å²) in [7, 11) is 1.53. The molecule has 80 valence electrons. The molecule has 0 amide bonds. The van der Waals surface area contributed by atoms with Crippen LogP contribution in [-0.2, 0) is 0 Å². The molecular formula is C11H14N2O2. The molecule has 0 aromatic heterocycles. The number of nitrogens with two attached hydrogens (primary N) is 1. The quantitative estimate of drug-likeness (QED) is 0.767. The molecule has 0 aliphatic carbocycles. The van der Waals surface area contributed by atoms with Crippen molar-refractivity contribution in [1.29, 1.82) is 5.26 Å². The Kier molecular flexibility index (Phi) is 3.40. The lowest BCUT2D eigenvalue weighted by Gasteiger charge is -2.15. The van der Waals surface area contributed by atoms with E-state index in [0.29, 0.717) is 22.7 Å². The molecule has 1 aromatic carbocycles. The highest BCUT2D eigenvalue weighted by Gasteiger charge is 2.14. The van der Waals surface area contributed by atoms with E-state index in [1.807, 2.05) is 19.9 Å². The van der Waals surface area contributed by atoms with Crippen LogP contribution in [0.4, 0.5) is 5.69 Å². The number of methoxy groups -OCH3 is 1. The monoisotopic (exact) mass is 206 g/mol. The summed E-state index contributed by atoms with van der Waals surface area (Å²) in [6.45, 7) is 3.76. The Morgan fingerprint density at radius 2 is 2.07 bits per heavy atom. The first kappa shape index (κ1) is 11.2. The summed E-state index contributed by atoms with van der Waals surface area (Å²) in [6, 6.07) is 5.33. The van der Waals surface area contributed by atoms with Crippen molar-refractivity contribution >= 4 is 5.69 Å². The fourth-order valence-electron chi connectivity index (χ4n) is 1.21. The third kappa shape index (κ3) is 2.32. The lowest BCUT2D eigenvalue weighted by molar-refractivity contribution is 0.229. The summed E-state index contributed by atoms with van der Waals surface area (Å²) in [5, 5.41) is 8.97. The van der Waals surface area contributed by atoms with Gasteiger partial charge in [0.1, 0.15) is 11.6 Å². The summed E-state index contributed by atoms with van der Waals surface area (Å²) in [5.41, 5.74) is 6.39. The molecule has 0 atom stereocenters. The van der Waals surface area contributed by atoms with Crippen LogP contribution in [-0.4, -0.2) is 13.2 Å². The second kappa shape index (κ2) is 4.56. The Labute approximate surface area is 89.2 Å². The normalized spacial score (nSPS) is 9.80. The number of benzene rings is 1. The Balaban J connectivity index is 3.29. The molecule has 0 heterocycles.